The van der Waals surface area contributed by atoms with E-state index in [0.29, 0.717) is 0 Å². The average molecular weight is 795 g/mol. The zero-order valence-corrected chi connectivity index (χ0v) is 34.1. The van der Waals surface area contributed by atoms with Crippen molar-refractivity contribution in [1.29, 1.82) is 0 Å². The van der Waals surface area contributed by atoms with E-state index in [-0.39, 0.29) is 0 Å². The Morgan fingerprint density at radius 1 is 0.328 bits per heavy atom. The summed E-state index contributed by atoms with van der Waals surface area (Å²) in [5, 5.41) is 7.40. The van der Waals surface area contributed by atoms with Gasteiger partial charge in [0.05, 0.1) is 28.1 Å². The lowest BCUT2D eigenvalue weighted by Gasteiger charge is -2.31. The van der Waals surface area contributed by atoms with Gasteiger partial charge in [-0.05, 0) is 76.2 Å². The van der Waals surface area contributed by atoms with E-state index in [1.807, 2.05) is 11.3 Å². The van der Waals surface area contributed by atoms with Crippen molar-refractivity contribution in [1.82, 2.24) is 4.57 Å². The number of nitrogens with zero attached hydrogens (tertiary/aromatic N) is 2. The van der Waals surface area contributed by atoms with Gasteiger partial charge >= 0.3 is 0 Å². The van der Waals surface area contributed by atoms with Crippen LogP contribution < -0.4 is 4.90 Å². The molecule has 2 heterocycles. The van der Waals surface area contributed by atoms with Crippen LogP contribution in [0.25, 0.3) is 91.8 Å². The summed E-state index contributed by atoms with van der Waals surface area (Å²) in [5.41, 5.74) is 14.0. The van der Waals surface area contributed by atoms with Crippen molar-refractivity contribution in [2.45, 2.75) is 0 Å². The van der Waals surface area contributed by atoms with Gasteiger partial charge in [0.15, 0.2) is 0 Å². The van der Waals surface area contributed by atoms with Crippen LogP contribution in [0.3, 0.4) is 0 Å². The Kier molecular flexibility index (Phi) is 8.39. The van der Waals surface area contributed by atoms with Crippen molar-refractivity contribution >= 4 is 81.1 Å². The molecule has 0 saturated heterocycles. The van der Waals surface area contributed by atoms with Gasteiger partial charge in [-0.25, -0.2) is 0 Å². The van der Waals surface area contributed by atoms with Gasteiger partial charge in [-0.1, -0.05) is 182 Å². The van der Waals surface area contributed by atoms with Crippen LogP contribution in [0.2, 0.25) is 0 Å². The van der Waals surface area contributed by atoms with Crippen molar-refractivity contribution < 1.29 is 0 Å². The fraction of sp³-hybridized carbons (Fsp3) is 0. The lowest BCUT2D eigenvalue weighted by atomic mass is 9.90. The van der Waals surface area contributed by atoms with Gasteiger partial charge in [0, 0.05) is 53.1 Å². The molecule has 2 aromatic heterocycles. The van der Waals surface area contributed by atoms with Crippen LogP contribution in [-0.2, 0) is 0 Å². The molecule has 0 radical (unpaired) electrons. The molecule has 61 heavy (non-hydrogen) atoms. The van der Waals surface area contributed by atoms with Crippen LogP contribution in [0.1, 0.15) is 0 Å². The second-order valence-corrected chi connectivity index (χ2v) is 16.6. The molecule has 0 aliphatic rings. The van der Waals surface area contributed by atoms with E-state index in [9.17, 15) is 0 Å². The summed E-state index contributed by atoms with van der Waals surface area (Å²) in [6.45, 7) is 0. The molecular weight excluding hydrogens is 757 g/mol. The topological polar surface area (TPSA) is 8.17 Å². The molecule has 2 nitrogen and oxygen atoms in total. The Labute approximate surface area is 358 Å². The van der Waals surface area contributed by atoms with E-state index in [1.54, 1.807) is 0 Å². The van der Waals surface area contributed by atoms with E-state index in [4.69, 9.17) is 0 Å². The van der Waals surface area contributed by atoms with Gasteiger partial charge in [-0.15, -0.1) is 11.3 Å². The molecule has 0 unspecified atom stereocenters. The molecule has 0 atom stereocenters. The van der Waals surface area contributed by atoms with Crippen LogP contribution in [0.5, 0.6) is 0 Å². The third-order valence-electron chi connectivity index (χ3n) is 12.2. The van der Waals surface area contributed by atoms with E-state index >= 15 is 0 Å². The van der Waals surface area contributed by atoms with Gasteiger partial charge in [-0.3, -0.25) is 0 Å². The molecule has 12 rings (SSSR count). The number of hydrogen-bond donors (Lipinski definition) is 0. The summed E-state index contributed by atoms with van der Waals surface area (Å²) >= 11 is 1.88. The predicted molar refractivity (Wildman–Crippen MR) is 262 cm³/mol. The summed E-state index contributed by atoms with van der Waals surface area (Å²) in [5.74, 6) is 0. The molecule has 0 fully saturated rings. The second kappa shape index (κ2) is 14.5. The van der Waals surface area contributed by atoms with Gasteiger partial charge in [-0.2, -0.15) is 0 Å². The van der Waals surface area contributed by atoms with Crippen molar-refractivity contribution in [3.05, 3.63) is 231 Å². The minimum Gasteiger partial charge on any atom is -0.309 e. The van der Waals surface area contributed by atoms with Gasteiger partial charge < -0.3 is 9.47 Å². The molecule has 0 aliphatic carbocycles. The lowest BCUT2D eigenvalue weighted by molar-refractivity contribution is 1.18. The molecule has 0 bridgehead atoms. The summed E-state index contributed by atoms with van der Waals surface area (Å²) in [7, 11) is 0. The molecule has 0 amide bonds. The Bertz CT molecular complexity index is 3580. The van der Waals surface area contributed by atoms with Crippen molar-refractivity contribution in [3.63, 3.8) is 0 Å². The van der Waals surface area contributed by atoms with Crippen molar-refractivity contribution in [3.8, 4) is 39.1 Å². The number of benzene rings is 10. The highest BCUT2D eigenvalue weighted by atomic mass is 32.1. The Morgan fingerprint density at radius 2 is 0.869 bits per heavy atom. The Hall–Kier alpha value is -7.72. The predicted octanol–water partition coefficient (Wildman–Crippen LogP) is 16.8. The van der Waals surface area contributed by atoms with Crippen molar-refractivity contribution in [2.75, 3.05) is 4.90 Å². The van der Waals surface area contributed by atoms with Gasteiger partial charge in [0.25, 0.3) is 0 Å². The lowest BCUT2D eigenvalue weighted by Crippen LogP contribution is -2.13. The number of rotatable bonds is 7. The van der Waals surface area contributed by atoms with Crippen LogP contribution in [0.4, 0.5) is 17.1 Å². The summed E-state index contributed by atoms with van der Waals surface area (Å²) in [6.07, 6.45) is 0. The standard InChI is InChI=1S/C58H38N2S/c1-4-19-39(20-5-1)42-27-14-29-44-43(42)28-16-34-50(44)60(54-37-18-36-53-57(54)49-26-10-12-33-51(49)59(53)41-23-8-3-9-24-41)52-35-17-30-46(56(52)40-21-6-2-7-22-40)48-32-15-31-47-45-25-11-13-38-55(45)61-58(47)48/h1-38H. The fourth-order valence-corrected chi connectivity index (χ4v) is 10.8. The smallest absolute Gasteiger partial charge is 0.0562 e. The summed E-state index contributed by atoms with van der Waals surface area (Å²) < 4.78 is 5.02. The second-order valence-electron chi connectivity index (χ2n) is 15.6. The zero-order valence-electron chi connectivity index (χ0n) is 33.2. The highest BCUT2D eigenvalue weighted by Crippen LogP contribution is 2.52. The normalized spacial score (nSPS) is 11.6. The van der Waals surface area contributed by atoms with Crippen molar-refractivity contribution in [2.24, 2.45) is 0 Å². The zero-order chi connectivity index (χ0) is 40.3. The first-order valence-corrected chi connectivity index (χ1v) is 21.7. The maximum atomic E-state index is 2.55. The third kappa shape index (κ3) is 5.70. The molecule has 286 valence electrons. The number of fused-ring (bicyclic) bond motifs is 7. The molecule has 3 heteroatoms. The Morgan fingerprint density at radius 3 is 1.69 bits per heavy atom. The minimum absolute atomic E-state index is 1.11. The van der Waals surface area contributed by atoms with Crippen LogP contribution in [0.15, 0.2) is 231 Å². The number of thiophene rings is 1. The Balaban J connectivity index is 1.22. The number of aromatic nitrogens is 1. The largest absolute Gasteiger partial charge is 0.309 e. The monoisotopic (exact) mass is 794 g/mol. The fourth-order valence-electron chi connectivity index (χ4n) is 9.61. The first kappa shape index (κ1) is 35.2. The van der Waals surface area contributed by atoms with E-state index in [0.717, 1.165) is 28.3 Å². The minimum atomic E-state index is 1.11. The molecule has 0 aliphatic heterocycles. The number of para-hydroxylation sites is 2. The number of hydrogen-bond acceptors (Lipinski definition) is 2. The van der Waals surface area contributed by atoms with E-state index < -0.39 is 0 Å². The first-order chi connectivity index (χ1) is 30.3. The SMILES string of the molecule is c1ccc(-c2c(-c3cccc4c3sc3ccccc34)cccc2N(c2cccc3c(-c4ccccc4)cccc23)c2cccc3c2c2ccccc2n3-c2ccccc2)cc1. The third-order valence-corrected chi connectivity index (χ3v) is 13.4. The maximum Gasteiger partial charge on any atom is 0.0562 e. The van der Waals surface area contributed by atoms with E-state index in [1.165, 1.54) is 80.6 Å². The average Bonchev–Trinajstić information content (AvgIpc) is 3.89. The molecule has 0 N–H and O–H groups in total. The van der Waals surface area contributed by atoms with Gasteiger partial charge in [0.2, 0.25) is 0 Å². The molecule has 0 spiro atoms. The summed E-state index contributed by atoms with van der Waals surface area (Å²) in [4.78, 5) is 2.55. The molecular formula is C58H38N2S. The van der Waals surface area contributed by atoms with Crippen LogP contribution >= 0.6 is 11.3 Å². The van der Waals surface area contributed by atoms with Crippen LogP contribution in [-0.4, -0.2) is 4.57 Å². The maximum absolute atomic E-state index is 2.55. The highest BCUT2D eigenvalue weighted by Gasteiger charge is 2.27. The molecule has 12 aromatic rings. The van der Waals surface area contributed by atoms with Gasteiger partial charge in [0.1, 0.15) is 0 Å². The summed E-state index contributed by atoms with van der Waals surface area (Å²) in [6, 6.07) is 84.3. The van der Waals surface area contributed by atoms with E-state index in [2.05, 4.69) is 240 Å². The number of anilines is 3. The first-order valence-electron chi connectivity index (χ1n) is 20.9. The molecule has 10 aromatic carbocycles. The van der Waals surface area contributed by atoms with Crippen LogP contribution in [0, 0.1) is 0 Å². The molecule has 0 saturated carbocycles. The quantitative estimate of drug-likeness (QED) is 0.156. The highest BCUT2D eigenvalue weighted by molar-refractivity contribution is 7.26.